The van der Waals surface area contributed by atoms with E-state index >= 15 is 0 Å². The Bertz CT molecular complexity index is 2180. The Kier molecular flexibility index (Phi) is 22.0. The highest BCUT2D eigenvalue weighted by Crippen LogP contribution is 2.48. The third-order valence-electron chi connectivity index (χ3n) is 15.0. The highest BCUT2D eigenvalue weighted by molar-refractivity contribution is 6.42. The average molecular weight is 986 g/mol. The van der Waals surface area contributed by atoms with Crippen LogP contribution in [-0.4, -0.2) is 56.5 Å². The second-order valence-electron chi connectivity index (χ2n) is 20.6. The predicted molar refractivity (Wildman–Crippen MR) is 283 cm³/mol. The van der Waals surface area contributed by atoms with Gasteiger partial charge in [0, 0.05) is 30.1 Å². The fraction of sp³-hybridized carbons (Fsp3) is 0.567. The maximum atomic E-state index is 9.45. The lowest BCUT2D eigenvalue weighted by molar-refractivity contribution is -0.00337. The average Bonchev–Trinajstić information content (AvgIpc) is 4.26. The van der Waals surface area contributed by atoms with E-state index in [9.17, 15) is 5.11 Å². The van der Waals surface area contributed by atoms with E-state index in [1.54, 1.807) is 0 Å². The molecule has 5 fully saturated rings. The number of hydrogen-bond acceptors (Lipinski definition) is 7. The Morgan fingerprint density at radius 3 is 1.80 bits per heavy atom. The summed E-state index contributed by atoms with van der Waals surface area (Å²) in [6.45, 7) is 24.2. The molecule has 14 atom stereocenters. The van der Waals surface area contributed by atoms with Crippen molar-refractivity contribution in [3.8, 4) is 0 Å². The zero-order chi connectivity index (χ0) is 49.5. The summed E-state index contributed by atoms with van der Waals surface area (Å²) in [5.74, 6) is 5.82. The highest BCUT2D eigenvalue weighted by atomic mass is 35.5. The van der Waals surface area contributed by atoms with Crippen LogP contribution in [0, 0.1) is 41.4 Å². The molecule has 0 bridgehead atoms. The molecule has 0 spiro atoms. The van der Waals surface area contributed by atoms with Crippen molar-refractivity contribution in [2.24, 2.45) is 41.4 Å². The van der Waals surface area contributed by atoms with E-state index in [1.807, 2.05) is 55.5 Å². The Morgan fingerprint density at radius 2 is 1.22 bits per heavy atom. The van der Waals surface area contributed by atoms with Crippen molar-refractivity contribution in [2.45, 2.75) is 143 Å². The van der Waals surface area contributed by atoms with Gasteiger partial charge in [0.1, 0.15) is 17.4 Å². The summed E-state index contributed by atoms with van der Waals surface area (Å²) >= 11 is 12.5. The van der Waals surface area contributed by atoms with Crippen LogP contribution in [0.4, 0.5) is 0 Å². The van der Waals surface area contributed by atoms with Crippen LogP contribution in [0.5, 0.6) is 0 Å². The van der Waals surface area contributed by atoms with E-state index in [-0.39, 0.29) is 24.4 Å². The second-order valence-corrected chi connectivity index (χ2v) is 21.4. The van der Waals surface area contributed by atoms with Crippen LogP contribution >= 0.6 is 23.2 Å². The van der Waals surface area contributed by atoms with E-state index in [1.165, 1.54) is 36.8 Å². The molecule has 5 aliphatic heterocycles. The Labute approximate surface area is 424 Å². The molecule has 69 heavy (non-hydrogen) atoms. The summed E-state index contributed by atoms with van der Waals surface area (Å²) in [5, 5.41) is 11.8. The first-order valence-electron chi connectivity index (χ1n) is 26.1. The lowest BCUT2D eigenvalue weighted by Crippen LogP contribution is -2.24. The maximum Gasteiger partial charge on any atom is 0.134 e. The van der Waals surface area contributed by atoms with Crippen LogP contribution in [0.15, 0.2) is 114 Å². The molecule has 10 rings (SSSR count). The summed E-state index contributed by atoms with van der Waals surface area (Å²) in [6, 6.07) is 36.9. The fourth-order valence-electron chi connectivity index (χ4n) is 10.0. The van der Waals surface area contributed by atoms with Gasteiger partial charge in [-0.1, -0.05) is 189 Å². The quantitative estimate of drug-likeness (QED) is 0.158. The molecule has 5 saturated heterocycles. The number of furan rings is 1. The predicted octanol–water partition coefficient (Wildman–Crippen LogP) is 16.1. The van der Waals surface area contributed by atoms with Gasteiger partial charge in [0.05, 0.1) is 60.4 Å². The van der Waals surface area contributed by atoms with E-state index in [0.717, 1.165) is 85.9 Å². The lowest BCUT2D eigenvalue weighted by Gasteiger charge is -2.23. The molecule has 0 aliphatic carbocycles. The summed E-state index contributed by atoms with van der Waals surface area (Å²) in [7, 11) is 0. The van der Waals surface area contributed by atoms with Gasteiger partial charge in [-0.25, -0.2) is 0 Å². The van der Waals surface area contributed by atoms with Crippen molar-refractivity contribution in [3.05, 3.63) is 142 Å². The van der Waals surface area contributed by atoms with Crippen molar-refractivity contribution in [2.75, 3.05) is 33.0 Å². The molecular weight excluding hydrogens is 904 g/mol. The largest absolute Gasteiger partial charge is 0.458 e. The molecule has 1 aromatic heterocycles. The van der Waals surface area contributed by atoms with Gasteiger partial charge in [0.15, 0.2) is 0 Å². The molecule has 378 valence electrons. The van der Waals surface area contributed by atoms with Gasteiger partial charge in [-0.15, -0.1) is 0 Å². The van der Waals surface area contributed by atoms with Crippen LogP contribution in [0.2, 0.25) is 10.0 Å². The van der Waals surface area contributed by atoms with E-state index in [0.29, 0.717) is 51.8 Å². The van der Waals surface area contributed by atoms with E-state index < -0.39 is 0 Å². The normalized spacial score (nSPS) is 30.2. The topological polar surface area (TPSA) is 79.5 Å². The number of para-hydroxylation sites is 1. The van der Waals surface area contributed by atoms with Gasteiger partial charge in [0.25, 0.3) is 0 Å². The fourth-order valence-corrected chi connectivity index (χ4v) is 10.4. The van der Waals surface area contributed by atoms with E-state index in [4.69, 9.17) is 51.3 Å². The number of ether oxygens (including phenoxy) is 5. The molecule has 4 aromatic carbocycles. The van der Waals surface area contributed by atoms with Gasteiger partial charge in [0.2, 0.25) is 0 Å². The van der Waals surface area contributed by atoms with Crippen molar-refractivity contribution in [1.29, 1.82) is 0 Å². The second kappa shape index (κ2) is 27.5. The summed E-state index contributed by atoms with van der Waals surface area (Å²) in [4.78, 5) is 0. The van der Waals surface area contributed by atoms with Crippen molar-refractivity contribution < 1.29 is 33.2 Å². The van der Waals surface area contributed by atoms with Crippen molar-refractivity contribution >= 4 is 34.2 Å². The first-order chi connectivity index (χ1) is 33.3. The molecule has 5 aliphatic rings. The number of halogens is 2. The molecule has 5 aromatic rings. The molecule has 0 radical (unpaired) electrons. The van der Waals surface area contributed by atoms with Crippen LogP contribution in [-0.2, 0) is 23.7 Å². The summed E-state index contributed by atoms with van der Waals surface area (Å²) in [6.07, 6.45) is 7.59. The van der Waals surface area contributed by atoms with Crippen LogP contribution in [0.3, 0.4) is 0 Å². The minimum absolute atomic E-state index is 0.0291. The zero-order valence-electron chi connectivity index (χ0n) is 42.9. The minimum Gasteiger partial charge on any atom is -0.458 e. The number of aliphatic hydroxyl groups excluding tert-OH is 1. The molecule has 1 N–H and O–H groups in total. The molecule has 6 heterocycles. The standard InChI is InChI=1S/C17H16Cl2O.C14H16O2.C11H14O.C9H18O2.C9H18O/c1-11-10-20-17(13-8-5-9-14(18)16(13)19)15(11)12-6-3-2-4-7-12;1-9-8-15-14(10(9)2)13-7-11-5-3-4-6-12(11)16-13;1-9-7-11(12-8-9)10-5-3-2-4-6-10;1-3-7-5-9(11-6-7)8(10)4-2;1-4-8(3)9-5-7(2)6-10-9/h2-9,11,15,17H,10H2,1H3;3-7,9-10,14H,8H2,1-2H3;2-6,9,11H,7-8H2,1H3;7-10H,3-6H2,1-2H3;7-9H,4-6H2,1-3H3/t;;;7-,8+,9+;/m...0./s1. The van der Waals surface area contributed by atoms with Crippen LogP contribution in [0.1, 0.15) is 148 Å². The Hall–Kier alpha value is -3.24. The van der Waals surface area contributed by atoms with E-state index in [2.05, 4.69) is 116 Å². The molecular formula is C60H82Cl2O7. The van der Waals surface area contributed by atoms with Gasteiger partial charge in [-0.2, -0.15) is 0 Å². The number of rotatable bonds is 9. The minimum atomic E-state index is -0.244. The van der Waals surface area contributed by atoms with Gasteiger partial charge in [-0.05, 0) is 96.4 Å². The molecule has 9 heteroatoms. The van der Waals surface area contributed by atoms with Gasteiger partial charge >= 0.3 is 0 Å². The smallest absolute Gasteiger partial charge is 0.134 e. The maximum absolute atomic E-state index is 9.45. The number of fused-ring (bicyclic) bond motifs is 1. The number of aliphatic hydroxyl groups is 1. The summed E-state index contributed by atoms with van der Waals surface area (Å²) < 4.78 is 34.4. The SMILES string of the molecule is CC1COC(c2cc3ccccc3o2)C1C.CC1COC(c2cccc(Cl)c2Cl)C1c1ccccc1.CC1COC(c2ccccc2)C1.CCC(C)C1CC(C)CO1.CC[C@@H]1CO[C@@H]([C@H](O)CC)C1. The molecule has 0 saturated carbocycles. The lowest BCUT2D eigenvalue weighted by atomic mass is 9.83. The zero-order valence-corrected chi connectivity index (χ0v) is 44.4. The Morgan fingerprint density at radius 1 is 0.594 bits per heavy atom. The van der Waals surface area contributed by atoms with Crippen molar-refractivity contribution in [1.82, 2.24) is 0 Å². The van der Waals surface area contributed by atoms with Crippen molar-refractivity contribution in [3.63, 3.8) is 0 Å². The number of benzene rings is 4. The first kappa shape index (κ1) is 55.1. The van der Waals surface area contributed by atoms with Gasteiger partial charge < -0.3 is 33.2 Å². The number of hydrogen-bond donors (Lipinski definition) is 1. The Balaban J connectivity index is 0.000000145. The third kappa shape index (κ3) is 15.4. The molecule has 11 unspecified atom stereocenters. The van der Waals surface area contributed by atoms with Crippen LogP contribution < -0.4 is 0 Å². The molecule has 7 nitrogen and oxygen atoms in total. The monoisotopic (exact) mass is 985 g/mol. The van der Waals surface area contributed by atoms with Crippen LogP contribution in [0.25, 0.3) is 11.0 Å². The molecule has 0 amide bonds. The third-order valence-corrected chi connectivity index (χ3v) is 15.8. The van der Waals surface area contributed by atoms with Gasteiger partial charge in [-0.3, -0.25) is 0 Å². The highest BCUT2D eigenvalue weighted by Gasteiger charge is 2.38. The first-order valence-corrected chi connectivity index (χ1v) is 26.8. The summed E-state index contributed by atoms with van der Waals surface area (Å²) in [5.41, 5.74) is 4.55.